The summed E-state index contributed by atoms with van der Waals surface area (Å²) in [6.07, 6.45) is 5.95. The molecule has 116 valence electrons. The number of hydrogen-bond acceptors (Lipinski definition) is 3. The Labute approximate surface area is 134 Å². The average Bonchev–Trinajstić information content (AvgIpc) is 2.91. The van der Waals surface area contributed by atoms with Crippen molar-refractivity contribution >= 4 is 37.2 Å². The fraction of sp³-hybridized carbons (Fsp3) is 0.500. The van der Waals surface area contributed by atoms with E-state index in [1.54, 1.807) is 0 Å². The summed E-state index contributed by atoms with van der Waals surface area (Å²) in [4.78, 5) is 11.8. The van der Waals surface area contributed by atoms with E-state index < -0.39 is 9.05 Å². The minimum atomic E-state index is -3.96. The summed E-state index contributed by atoms with van der Waals surface area (Å²) >= 11 is 5.78. The van der Waals surface area contributed by atoms with Crippen LogP contribution in [0.4, 0.5) is 0 Å². The van der Waals surface area contributed by atoms with Crippen LogP contribution < -0.4 is 5.32 Å². The first-order valence-electron chi connectivity index (χ1n) is 6.90. The first-order valence-corrected chi connectivity index (χ1v) is 9.59. The van der Waals surface area contributed by atoms with E-state index >= 15 is 0 Å². The Morgan fingerprint density at radius 3 is 2.57 bits per heavy atom. The second-order valence-electron chi connectivity index (χ2n) is 5.28. The highest BCUT2D eigenvalue weighted by Crippen LogP contribution is 2.27. The number of benzene rings is 1. The molecule has 1 fully saturated rings. The molecule has 1 aliphatic carbocycles. The molecule has 7 heteroatoms. The van der Waals surface area contributed by atoms with Crippen molar-refractivity contribution in [3.05, 3.63) is 28.8 Å². The predicted molar refractivity (Wildman–Crippen MR) is 83.4 cm³/mol. The lowest BCUT2D eigenvalue weighted by Gasteiger charge is -2.10. The van der Waals surface area contributed by atoms with Gasteiger partial charge >= 0.3 is 0 Å². The lowest BCUT2D eigenvalue weighted by molar-refractivity contribution is 0.0951. The number of halogens is 2. The molecule has 1 aromatic carbocycles. The van der Waals surface area contributed by atoms with E-state index in [-0.39, 0.29) is 21.4 Å². The highest BCUT2D eigenvalue weighted by molar-refractivity contribution is 8.13. The largest absolute Gasteiger partial charge is 0.352 e. The summed E-state index contributed by atoms with van der Waals surface area (Å²) in [5.41, 5.74) is 0.241. The number of rotatable bonds is 5. The van der Waals surface area contributed by atoms with Crippen LogP contribution >= 0.6 is 22.3 Å². The molecule has 0 atom stereocenters. The second kappa shape index (κ2) is 6.99. The van der Waals surface area contributed by atoms with Crippen molar-refractivity contribution in [1.82, 2.24) is 5.32 Å². The maximum Gasteiger partial charge on any atom is 0.262 e. The molecule has 0 radical (unpaired) electrons. The molecule has 0 heterocycles. The van der Waals surface area contributed by atoms with Crippen LogP contribution in [-0.4, -0.2) is 20.9 Å². The van der Waals surface area contributed by atoms with E-state index in [0.29, 0.717) is 12.5 Å². The lowest BCUT2D eigenvalue weighted by atomic mass is 10.0. The predicted octanol–water partition coefficient (Wildman–Crippen LogP) is 3.58. The van der Waals surface area contributed by atoms with Crippen LogP contribution in [0.5, 0.6) is 0 Å². The maximum absolute atomic E-state index is 12.0. The van der Waals surface area contributed by atoms with Gasteiger partial charge in [0.2, 0.25) is 0 Å². The summed E-state index contributed by atoms with van der Waals surface area (Å²) in [6.45, 7) is 0.592. The summed E-state index contributed by atoms with van der Waals surface area (Å²) in [5.74, 6) is 0.375. The molecule has 2 rings (SSSR count). The Morgan fingerprint density at radius 1 is 1.29 bits per heavy atom. The number of amides is 1. The smallest absolute Gasteiger partial charge is 0.262 e. The molecule has 0 bridgehead atoms. The van der Waals surface area contributed by atoms with Gasteiger partial charge < -0.3 is 5.32 Å². The third-order valence-corrected chi connectivity index (χ3v) is 5.57. The molecule has 0 unspecified atom stereocenters. The number of carbonyl (C=O) groups is 1. The second-order valence-corrected chi connectivity index (χ2v) is 8.22. The van der Waals surface area contributed by atoms with Gasteiger partial charge in [0, 0.05) is 22.8 Å². The zero-order chi connectivity index (χ0) is 15.5. The summed E-state index contributed by atoms with van der Waals surface area (Å²) in [7, 11) is 1.32. The number of hydrogen-bond donors (Lipinski definition) is 1. The fourth-order valence-electron chi connectivity index (χ4n) is 2.62. The van der Waals surface area contributed by atoms with Gasteiger partial charge in [0.05, 0.1) is 5.02 Å². The first-order chi connectivity index (χ1) is 9.88. The van der Waals surface area contributed by atoms with Crippen molar-refractivity contribution in [2.24, 2.45) is 5.92 Å². The van der Waals surface area contributed by atoms with Gasteiger partial charge in [0.25, 0.3) is 15.0 Å². The molecular weight excluding hydrogens is 333 g/mol. The van der Waals surface area contributed by atoms with Gasteiger partial charge in [-0.3, -0.25) is 4.79 Å². The minimum absolute atomic E-state index is 0.00695. The van der Waals surface area contributed by atoms with Crippen LogP contribution in [0.25, 0.3) is 0 Å². The monoisotopic (exact) mass is 349 g/mol. The molecule has 0 spiro atoms. The van der Waals surface area contributed by atoms with Crippen molar-refractivity contribution < 1.29 is 13.2 Å². The highest BCUT2D eigenvalue weighted by Gasteiger charge is 2.18. The number of carbonyl (C=O) groups excluding carboxylic acids is 1. The van der Waals surface area contributed by atoms with E-state index in [1.165, 1.54) is 43.9 Å². The van der Waals surface area contributed by atoms with E-state index in [2.05, 4.69) is 5.32 Å². The molecule has 1 aliphatic rings. The third-order valence-electron chi connectivity index (χ3n) is 3.77. The standard InChI is InChI=1S/C14H17Cl2NO3S/c15-12-6-5-11(9-13(12)21(16,19)20)14(18)17-8-7-10-3-1-2-4-10/h5-6,9-10H,1-4,7-8H2,(H,17,18). The van der Waals surface area contributed by atoms with Crippen molar-refractivity contribution in [2.45, 2.75) is 37.0 Å². The van der Waals surface area contributed by atoms with E-state index in [1.807, 2.05) is 0 Å². The summed E-state index contributed by atoms with van der Waals surface area (Å²) in [5, 5.41) is 2.81. The molecule has 0 aromatic heterocycles. The number of nitrogens with one attached hydrogen (secondary N) is 1. The van der Waals surface area contributed by atoms with Crippen LogP contribution in [0.1, 0.15) is 42.5 Å². The molecule has 1 saturated carbocycles. The molecule has 1 N–H and O–H groups in total. The Kier molecular flexibility index (Phi) is 5.52. The van der Waals surface area contributed by atoms with Crippen molar-refractivity contribution in [3.8, 4) is 0 Å². The van der Waals surface area contributed by atoms with Gasteiger partial charge in [-0.05, 0) is 30.5 Å². The van der Waals surface area contributed by atoms with Crippen LogP contribution in [0.3, 0.4) is 0 Å². The van der Waals surface area contributed by atoms with Crippen molar-refractivity contribution in [1.29, 1.82) is 0 Å². The van der Waals surface area contributed by atoms with Gasteiger partial charge in [0.1, 0.15) is 4.90 Å². The van der Waals surface area contributed by atoms with Crippen LogP contribution in [0.2, 0.25) is 5.02 Å². The molecule has 4 nitrogen and oxygen atoms in total. The topological polar surface area (TPSA) is 63.2 Å². The van der Waals surface area contributed by atoms with Gasteiger partial charge in [-0.15, -0.1) is 0 Å². The lowest BCUT2D eigenvalue weighted by Crippen LogP contribution is -2.25. The molecule has 0 aliphatic heterocycles. The normalized spacial score (nSPS) is 16.1. The highest BCUT2D eigenvalue weighted by atomic mass is 35.7. The fourth-order valence-corrected chi connectivity index (χ4v) is 4.11. The van der Waals surface area contributed by atoms with Gasteiger partial charge in [-0.1, -0.05) is 37.3 Å². The summed E-state index contributed by atoms with van der Waals surface area (Å²) < 4.78 is 22.7. The van der Waals surface area contributed by atoms with E-state index in [0.717, 1.165) is 6.42 Å². The van der Waals surface area contributed by atoms with Crippen molar-refractivity contribution in [2.75, 3.05) is 6.54 Å². The molecule has 1 aromatic rings. The molecule has 21 heavy (non-hydrogen) atoms. The minimum Gasteiger partial charge on any atom is -0.352 e. The quantitative estimate of drug-likeness (QED) is 0.826. The van der Waals surface area contributed by atoms with Gasteiger partial charge in [-0.25, -0.2) is 8.42 Å². The van der Waals surface area contributed by atoms with Crippen LogP contribution in [0.15, 0.2) is 23.1 Å². The van der Waals surface area contributed by atoms with Crippen LogP contribution in [-0.2, 0) is 9.05 Å². The third kappa shape index (κ3) is 4.59. The summed E-state index contributed by atoms with van der Waals surface area (Å²) in [6, 6.07) is 4.05. The Balaban J connectivity index is 1.99. The Hall–Kier alpha value is -0.780. The maximum atomic E-state index is 12.0. The van der Waals surface area contributed by atoms with Gasteiger partial charge in [0.15, 0.2) is 0 Å². The van der Waals surface area contributed by atoms with Crippen molar-refractivity contribution in [3.63, 3.8) is 0 Å². The van der Waals surface area contributed by atoms with Crippen LogP contribution in [0, 0.1) is 5.92 Å². The zero-order valence-electron chi connectivity index (χ0n) is 11.4. The van der Waals surface area contributed by atoms with E-state index in [9.17, 15) is 13.2 Å². The Bertz CT molecular complexity index is 625. The molecule has 1 amide bonds. The van der Waals surface area contributed by atoms with E-state index in [4.69, 9.17) is 22.3 Å². The average molecular weight is 350 g/mol. The Morgan fingerprint density at radius 2 is 1.95 bits per heavy atom. The van der Waals surface area contributed by atoms with Gasteiger partial charge in [-0.2, -0.15) is 0 Å². The molecular formula is C14H17Cl2NO3S. The first kappa shape index (κ1) is 16.6. The molecule has 0 saturated heterocycles. The zero-order valence-corrected chi connectivity index (χ0v) is 13.8. The SMILES string of the molecule is O=C(NCCC1CCCC1)c1ccc(Cl)c(S(=O)(=O)Cl)c1.